The van der Waals surface area contributed by atoms with E-state index in [0.29, 0.717) is 50.8 Å². The van der Waals surface area contributed by atoms with E-state index in [1.54, 1.807) is 24.3 Å². The molecule has 12 nitrogen and oxygen atoms in total. The second-order valence-corrected chi connectivity index (χ2v) is 17.6. The predicted molar refractivity (Wildman–Crippen MR) is 217 cm³/mol. The Morgan fingerprint density at radius 2 is 1.32 bits per heavy atom. The van der Waals surface area contributed by atoms with Crippen LogP contribution in [0.15, 0.2) is 95.9 Å². The second-order valence-electron chi connectivity index (χ2n) is 15.7. The number of nitrogens with zero attached hydrogens (tertiary/aromatic N) is 2. The molecule has 2 aliphatic carbocycles. The summed E-state index contributed by atoms with van der Waals surface area (Å²) in [7, 11) is -4.02. The Labute approximate surface area is 437 Å². The molecule has 1 aliphatic heterocycles. The summed E-state index contributed by atoms with van der Waals surface area (Å²) >= 11 is 0. The number of anilines is 3. The van der Waals surface area contributed by atoms with Crippen LogP contribution in [0.2, 0.25) is 0 Å². The number of nitrogens with one attached hydrogen (secondary N) is 2. The van der Waals surface area contributed by atoms with Gasteiger partial charge in [0.15, 0.2) is 0 Å². The van der Waals surface area contributed by atoms with Crippen LogP contribution in [0.4, 0.5) is 17.1 Å². The Kier molecular flexibility index (Phi) is 18.2. The summed E-state index contributed by atoms with van der Waals surface area (Å²) in [5.74, 6) is -3.63. The zero-order valence-electron chi connectivity index (χ0n) is 34.4. The van der Waals surface area contributed by atoms with E-state index in [9.17, 15) is 37.8 Å². The molecule has 0 atom stereocenters. The Morgan fingerprint density at radius 3 is 1.92 bits per heavy atom. The number of carboxylic acid groups (broad SMARTS) is 2. The number of hydrogen-bond donors (Lipinski definition) is 2. The van der Waals surface area contributed by atoms with Crippen molar-refractivity contribution >= 4 is 50.8 Å². The minimum Gasteiger partial charge on any atom is -0.550 e. The van der Waals surface area contributed by atoms with E-state index in [0.717, 1.165) is 62.0 Å². The fourth-order valence-electron chi connectivity index (χ4n) is 7.95. The van der Waals surface area contributed by atoms with Crippen molar-refractivity contribution in [3.05, 3.63) is 119 Å². The fourth-order valence-corrected chi connectivity index (χ4v) is 9.76. The van der Waals surface area contributed by atoms with E-state index < -0.39 is 39.7 Å². The molecule has 4 aromatic carbocycles. The summed E-state index contributed by atoms with van der Waals surface area (Å²) in [4.78, 5) is 52.6. The average molecular weight is 883 g/mol. The number of carbonyl (C=O) groups is 4. The topological polar surface area (TPSA) is 179 Å². The molecule has 0 bridgehead atoms. The standard InChI is InChI=1S/C45H50N4O8S.2K/c50-42(35-5-4-6-39(27-35)58(56,57)49(29-32-9-10-32)37-21-17-34(18-22-37)45(54)55)47-41-24-23-38(48-25-2-1-3-26-48)28-40(41)43(51)46-36-19-13-31(14-20-36)8-7-30-11-15-33(16-12-30)44(52)53;;/h4-6,11-16,19-20,23-24,27-28,32,34,37H,1-3,7-10,17-18,21-22,25-26,29H2,(H,46,51)(H,47,50)(H,52,53)(H,54,55);;/q;2*+1/p-2. The number of hydrogen-bond acceptors (Lipinski definition) is 9. The first kappa shape index (κ1) is 48.8. The minimum atomic E-state index is -4.02. The second kappa shape index (κ2) is 22.4. The molecule has 0 unspecified atom stereocenters. The smallest absolute Gasteiger partial charge is 0.550 e. The molecule has 2 saturated carbocycles. The molecule has 1 heterocycles. The first-order valence-electron chi connectivity index (χ1n) is 20.2. The molecule has 7 rings (SSSR count). The molecule has 0 radical (unpaired) electrons. The van der Waals surface area contributed by atoms with Crippen molar-refractivity contribution in [2.24, 2.45) is 11.8 Å². The Hall–Kier alpha value is -2.26. The average Bonchev–Trinajstić information content (AvgIpc) is 4.07. The number of aliphatic carboxylic acids is 1. The summed E-state index contributed by atoms with van der Waals surface area (Å²) in [6.45, 7) is 2.06. The van der Waals surface area contributed by atoms with Gasteiger partial charge in [0.25, 0.3) is 11.8 Å². The van der Waals surface area contributed by atoms with Crippen molar-refractivity contribution in [2.75, 3.05) is 35.2 Å². The van der Waals surface area contributed by atoms with Crippen molar-refractivity contribution in [1.82, 2.24) is 4.31 Å². The molecule has 304 valence electrons. The first-order chi connectivity index (χ1) is 27.9. The van der Waals surface area contributed by atoms with Crippen LogP contribution in [0, 0.1) is 11.8 Å². The van der Waals surface area contributed by atoms with Crippen LogP contribution in [0.5, 0.6) is 0 Å². The van der Waals surface area contributed by atoms with Crippen molar-refractivity contribution in [3.63, 3.8) is 0 Å². The van der Waals surface area contributed by atoms with Gasteiger partial charge in [-0.05, 0) is 148 Å². The Balaban J connectivity index is 0.00000341. The first-order valence-corrected chi connectivity index (χ1v) is 21.6. The van der Waals surface area contributed by atoms with Crippen LogP contribution in [-0.2, 0) is 27.7 Å². The Bertz CT molecular complexity index is 2260. The number of amides is 2. The van der Waals surface area contributed by atoms with Crippen LogP contribution in [0.25, 0.3) is 0 Å². The van der Waals surface area contributed by atoms with Gasteiger partial charge in [0, 0.05) is 48.6 Å². The maximum Gasteiger partial charge on any atom is 1.00 e. The third kappa shape index (κ3) is 12.7. The number of aryl methyl sites for hydroxylation is 2. The van der Waals surface area contributed by atoms with Gasteiger partial charge in [-0.25, -0.2) is 8.42 Å². The maximum absolute atomic E-state index is 14.2. The number of carbonyl (C=O) groups excluding carboxylic acids is 4. The van der Waals surface area contributed by atoms with Crippen molar-refractivity contribution in [1.29, 1.82) is 0 Å². The summed E-state index contributed by atoms with van der Waals surface area (Å²) in [6, 6.07) is 25.0. The number of aromatic carboxylic acids is 1. The molecule has 0 spiro atoms. The van der Waals surface area contributed by atoms with E-state index in [4.69, 9.17) is 0 Å². The monoisotopic (exact) mass is 882 g/mol. The molecule has 15 heteroatoms. The number of rotatable bonds is 15. The van der Waals surface area contributed by atoms with E-state index in [-0.39, 0.29) is 142 Å². The largest absolute Gasteiger partial charge is 1.00 e. The van der Waals surface area contributed by atoms with Gasteiger partial charge >= 0.3 is 103 Å². The van der Waals surface area contributed by atoms with Gasteiger partial charge < -0.3 is 35.3 Å². The normalized spacial score (nSPS) is 17.8. The molecule has 60 heavy (non-hydrogen) atoms. The van der Waals surface area contributed by atoms with E-state index in [2.05, 4.69) is 15.5 Å². The molecule has 0 aromatic heterocycles. The SMILES string of the molecule is O=C([O-])c1ccc(CCc2ccc(NC(=O)c3cc(N4CCCCC4)ccc3NC(=O)c3cccc(S(=O)(=O)N(CC4CC4)C4CCC(C(=O)[O-])CC4)c3)cc2)cc1.[K+].[K+]. The minimum absolute atomic E-state index is 0. The van der Waals surface area contributed by atoms with E-state index in [1.807, 2.05) is 30.3 Å². The zero-order chi connectivity index (χ0) is 40.8. The number of benzene rings is 4. The van der Waals surface area contributed by atoms with Gasteiger partial charge in [-0.2, -0.15) is 4.31 Å². The van der Waals surface area contributed by atoms with Gasteiger partial charge in [0.05, 0.1) is 22.1 Å². The molecule has 4 aromatic rings. The maximum atomic E-state index is 14.2. The summed E-state index contributed by atoms with van der Waals surface area (Å²) in [5.41, 5.74) is 4.23. The molecule has 1 saturated heterocycles. The van der Waals surface area contributed by atoms with Crippen LogP contribution < -0.4 is 129 Å². The summed E-state index contributed by atoms with van der Waals surface area (Å²) < 4.78 is 29.9. The Morgan fingerprint density at radius 1 is 0.683 bits per heavy atom. The molecule has 2 N–H and O–H groups in total. The quantitative estimate of drug-likeness (QED) is 0.143. The number of sulfonamides is 1. The van der Waals surface area contributed by atoms with Gasteiger partial charge in [-0.3, -0.25) is 9.59 Å². The van der Waals surface area contributed by atoms with Crippen LogP contribution in [-0.4, -0.2) is 62.2 Å². The molecule has 3 aliphatic rings. The van der Waals surface area contributed by atoms with Gasteiger partial charge in [-0.15, -0.1) is 0 Å². The molecule has 2 amide bonds. The third-order valence-corrected chi connectivity index (χ3v) is 13.5. The number of carboxylic acids is 2. The van der Waals surface area contributed by atoms with Crippen LogP contribution >= 0.6 is 0 Å². The van der Waals surface area contributed by atoms with Crippen LogP contribution in [0.1, 0.15) is 100.0 Å². The third-order valence-electron chi connectivity index (χ3n) is 11.6. The summed E-state index contributed by atoms with van der Waals surface area (Å²) in [5, 5.41) is 28.4. The van der Waals surface area contributed by atoms with Crippen molar-refractivity contribution in [3.8, 4) is 0 Å². The molecule has 3 fully saturated rings. The fraction of sp³-hybridized carbons (Fsp3) is 0.378. The van der Waals surface area contributed by atoms with Crippen molar-refractivity contribution in [2.45, 2.75) is 81.6 Å². The molecular formula is C45H48K2N4O8S. The van der Waals surface area contributed by atoms with Gasteiger partial charge in [-0.1, -0.05) is 42.5 Å². The number of piperidine rings is 1. The zero-order valence-corrected chi connectivity index (χ0v) is 41.4. The van der Waals surface area contributed by atoms with E-state index in [1.165, 1.54) is 40.7 Å². The van der Waals surface area contributed by atoms with Crippen molar-refractivity contribution < 1.29 is 141 Å². The van der Waals surface area contributed by atoms with Gasteiger partial charge in [0.2, 0.25) is 10.0 Å². The predicted octanol–water partition coefficient (Wildman–Crippen LogP) is -0.952. The molecular weight excluding hydrogens is 835 g/mol. The van der Waals surface area contributed by atoms with E-state index >= 15 is 0 Å². The van der Waals surface area contributed by atoms with Gasteiger partial charge in [0.1, 0.15) is 0 Å². The summed E-state index contributed by atoms with van der Waals surface area (Å²) in [6.07, 6.45) is 8.07. The van der Waals surface area contributed by atoms with Crippen LogP contribution in [0.3, 0.4) is 0 Å².